The van der Waals surface area contributed by atoms with Crippen LogP contribution in [0.1, 0.15) is 13.8 Å². The van der Waals surface area contributed by atoms with Gasteiger partial charge in [-0.1, -0.05) is 22.0 Å². The van der Waals surface area contributed by atoms with E-state index in [1.54, 1.807) is 7.11 Å². The van der Waals surface area contributed by atoms with Crippen LogP contribution in [0.15, 0.2) is 34.4 Å². The van der Waals surface area contributed by atoms with E-state index in [1.807, 2.05) is 38.1 Å². The van der Waals surface area contributed by atoms with Crippen molar-refractivity contribution < 1.29 is 4.74 Å². The molecule has 1 rings (SSSR count). The molecule has 76 valence electrons. The van der Waals surface area contributed by atoms with Crippen molar-refractivity contribution >= 4 is 21.6 Å². The van der Waals surface area contributed by atoms with Crippen LogP contribution in [-0.2, 0) is 0 Å². The normalized spacial score (nSPS) is 11.3. The first-order chi connectivity index (χ1) is 6.67. The van der Waals surface area contributed by atoms with Crippen LogP contribution < -0.4 is 10.1 Å². The quantitative estimate of drug-likeness (QED) is 0.888. The van der Waals surface area contributed by atoms with Gasteiger partial charge in [-0.15, -0.1) is 0 Å². The van der Waals surface area contributed by atoms with Gasteiger partial charge >= 0.3 is 0 Å². The van der Waals surface area contributed by atoms with Crippen LogP contribution in [0, 0.1) is 0 Å². The van der Waals surface area contributed by atoms with Gasteiger partial charge in [-0.05, 0) is 32.0 Å². The van der Waals surface area contributed by atoms with E-state index in [0.717, 1.165) is 21.6 Å². The summed E-state index contributed by atoms with van der Waals surface area (Å²) in [5.41, 5.74) is 2.08. The number of rotatable bonds is 3. The smallest absolute Gasteiger partial charge is 0.143 e. The van der Waals surface area contributed by atoms with Crippen LogP contribution in [0.2, 0.25) is 0 Å². The van der Waals surface area contributed by atoms with Crippen molar-refractivity contribution in [2.75, 3.05) is 12.4 Å². The summed E-state index contributed by atoms with van der Waals surface area (Å²) in [6, 6.07) is 5.90. The Balaban J connectivity index is 2.96. The zero-order valence-electron chi connectivity index (χ0n) is 8.60. The predicted octanol–water partition coefficient (Wildman–Crippen LogP) is 3.79. The zero-order chi connectivity index (χ0) is 10.6. The fourth-order valence-electron chi connectivity index (χ4n) is 1.05. The highest BCUT2D eigenvalue weighted by Gasteiger charge is 2.02. The minimum Gasteiger partial charge on any atom is -0.495 e. The van der Waals surface area contributed by atoms with Crippen LogP contribution in [0.25, 0.3) is 0 Å². The van der Waals surface area contributed by atoms with Crippen LogP contribution in [0.5, 0.6) is 5.75 Å². The maximum Gasteiger partial charge on any atom is 0.143 e. The summed E-state index contributed by atoms with van der Waals surface area (Å²) in [6.45, 7) is 4.01. The lowest BCUT2D eigenvalue weighted by atomic mass is 10.3. The lowest BCUT2D eigenvalue weighted by molar-refractivity contribution is 0.416. The average Bonchev–Trinajstić information content (AvgIpc) is 2.20. The maximum atomic E-state index is 5.25. The molecule has 0 aliphatic heterocycles. The fraction of sp³-hybridized carbons (Fsp3) is 0.273. The molecular weight excluding hydrogens is 242 g/mol. The van der Waals surface area contributed by atoms with Crippen molar-refractivity contribution in [3.63, 3.8) is 0 Å². The molecular formula is C11H14BrNO. The predicted molar refractivity (Wildman–Crippen MR) is 63.7 cm³/mol. The Morgan fingerprint density at radius 3 is 2.79 bits per heavy atom. The van der Waals surface area contributed by atoms with Gasteiger partial charge in [0.15, 0.2) is 0 Å². The third kappa shape index (κ3) is 2.77. The number of hydrogen-bond acceptors (Lipinski definition) is 2. The molecule has 1 N–H and O–H groups in total. The molecule has 0 saturated carbocycles. The monoisotopic (exact) mass is 255 g/mol. The molecule has 0 spiro atoms. The highest BCUT2D eigenvalue weighted by atomic mass is 79.9. The van der Waals surface area contributed by atoms with Crippen LogP contribution in [0.3, 0.4) is 0 Å². The molecule has 0 saturated heterocycles. The number of hydrogen-bond donors (Lipinski definition) is 1. The zero-order valence-corrected chi connectivity index (χ0v) is 10.2. The van der Waals surface area contributed by atoms with Crippen molar-refractivity contribution in [1.82, 2.24) is 0 Å². The van der Waals surface area contributed by atoms with Crippen molar-refractivity contribution in [3.8, 4) is 5.75 Å². The van der Waals surface area contributed by atoms with Gasteiger partial charge in [0.2, 0.25) is 0 Å². The molecule has 0 radical (unpaired) electrons. The average molecular weight is 256 g/mol. The molecule has 0 bridgehead atoms. The van der Waals surface area contributed by atoms with Crippen molar-refractivity contribution in [2.45, 2.75) is 13.8 Å². The number of halogens is 1. The first-order valence-corrected chi connectivity index (χ1v) is 5.20. The molecule has 14 heavy (non-hydrogen) atoms. The van der Waals surface area contributed by atoms with Gasteiger partial charge in [0.05, 0.1) is 12.8 Å². The summed E-state index contributed by atoms with van der Waals surface area (Å²) in [7, 11) is 1.66. The van der Waals surface area contributed by atoms with Crippen molar-refractivity contribution in [1.29, 1.82) is 0 Å². The van der Waals surface area contributed by atoms with E-state index in [4.69, 9.17) is 4.74 Å². The van der Waals surface area contributed by atoms with Gasteiger partial charge in [0, 0.05) is 10.2 Å². The van der Waals surface area contributed by atoms with Crippen LogP contribution in [-0.4, -0.2) is 7.11 Å². The number of methoxy groups -OCH3 is 1. The second-order valence-corrected chi connectivity index (χ2v) is 3.86. The molecule has 0 aliphatic rings. The van der Waals surface area contributed by atoms with Gasteiger partial charge in [-0.2, -0.15) is 0 Å². The highest BCUT2D eigenvalue weighted by molar-refractivity contribution is 9.10. The topological polar surface area (TPSA) is 21.3 Å². The van der Waals surface area contributed by atoms with Crippen LogP contribution >= 0.6 is 15.9 Å². The summed E-state index contributed by atoms with van der Waals surface area (Å²) in [6.07, 6.45) is 2.02. The van der Waals surface area contributed by atoms with E-state index in [0.29, 0.717) is 0 Å². The first kappa shape index (κ1) is 11.1. The number of allylic oxidation sites excluding steroid dienone is 2. The molecule has 0 aromatic heterocycles. The second kappa shape index (κ2) is 5.05. The Kier molecular flexibility index (Phi) is 4.01. The Hall–Kier alpha value is -0.960. The third-order valence-electron chi connectivity index (χ3n) is 1.93. The van der Waals surface area contributed by atoms with Gasteiger partial charge in [0.1, 0.15) is 5.75 Å². The van der Waals surface area contributed by atoms with E-state index < -0.39 is 0 Å². The molecule has 0 unspecified atom stereocenters. The van der Waals surface area contributed by atoms with E-state index in [-0.39, 0.29) is 0 Å². The standard InChI is InChI=1S/C11H14BrNO/c1-4-8(2)13-10-6-5-9(12)7-11(10)14-3/h4-7,13H,1-3H3/b8-4+. The Morgan fingerprint density at radius 2 is 2.21 bits per heavy atom. The van der Waals surface area contributed by atoms with E-state index >= 15 is 0 Å². The summed E-state index contributed by atoms with van der Waals surface area (Å²) in [5.74, 6) is 0.834. The summed E-state index contributed by atoms with van der Waals surface area (Å²) < 4.78 is 6.26. The highest BCUT2D eigenvalue weighted by Crippen LogP contribution is 2.28. The number of ether oxygens (including phenoxy) is 1. The van der Waals surface area contributed by atoms with E-state index in [9.17, 15) is 0 Å². The summed E-state index contributed by atoms with van der Waals surface area (Å²) in [4.78, 5) is 0. The van der Waals surface area contributed by atoms with Crippen LogP contribution in [0.4, 0.5) is 5.69 Å². The molecule has 3 heteroatoms. The van der Waals surface area contributed by atoms with Gasteiger partial charge in [0.25, 0.3) is 0 Å². The third-order valence-corrected chi connectivity index (χ3v) is 2.42. The van der Waals surface area contributed by atoms with Gasteiger partial charge in [-0.25, -0.2) is 0 Å². The largest absolute Gasteiger partial charge is 0.495 e. The Bertz CT molecular complexity index is 347. The molecule has 0 heterocycles. The Morgan fingerprint density at radius 1 is 1.50 bits per heavy atom. The fourth-order valence-corrected chi connectivity index (χ4v) is 1.39. The Labute approximate surface area is 93.1 Å². The van der Waals surface area contributed by atoms with Gasteiger partial charge < -0.3 is 10.1 Å². The molecule has 1 aromatic carbocycles. The minimum atomic E-state index is 0.834. The lowest BCUT2D eigenvalue weighted by Crippen LogP contribution is -1.97. The van der Waals surface area contributed by atoms with Gasteiger partial charge in [-0.3, -0.25) is 0 Å². The van der Waals surface area contributed by atoms with Crippen molar-refractivity contribution in [3.05, 3.63) is 34.4 Å². The summed E-state index contributed by atoms with van der Waals surface area (Å²) >= 11 is 3.40. The SMILES string of the molecule is C/C=C(\C)Nc1ccc(Br)cc1OC. The minimum absolute atomic E-state index is 0.834. The number of benzene rings is 1. The number of nitrogens with one attached hydrogen (secondary N) is 1. The van der Waals surface area contributed by atoms with Crippen molar-refractivity contribution in [2.24, 2.45) is 0 Å². The van der Waals surface area contributed by atoms with E-state index in [2.05, 4.69) is 21.2 Å². The molecule has 0 amide bonds. The molecule has 2 nitrogen and oxygen atoms in total. The second-order valence-electron chi connectivity index (χ2n) is 2.94. The lowest BCUT2D eigenvalue weighted by Gasteiger charge is -2.11. The van der Waals surface area contributed by atoms with E-state index in [1.165, 1.54) is 0 Å². The summed E-state index contributed by atoms with van der Waals surface area (Å²) in [5, 5.41) is 3.25. The molecule has 0 atom stereocenters. The maximum absolute atomic E-state index is 5.25. The molecule has 0 fully saturated rings. The molecule has 1 aromatic rings. The molecule has 0 aliphatic carbocycles. The first-order valence-electron chi connectivity index (χ1n) is 4.41. The number of anilines is 1.